The zero-order valence-electron chi connectivity index (χ0n) is 15.3. The van der Waals surface area contributed by atoms with Crippen molar-refractivity contribution in [2.45, 2.75) is 58.3 Å². The van der Waals surface area contributed by atoms with E-state index >= 15 is 0 Å². The fourth-order valence-electron chi connectivity index (χ4n) is 2.89. The van der Waals surface area contributed by atoms with Crippen LogP contribution in [0.1, 0.15) is 58.3 Å². The smallest absolute Gasteiger partial charge is 0.224 e. The van der Waals surface area contributed by atoms with Gasteiger partial charge < -0.3 is 11.1 Å². The summed E-state index contributed by atoms with van der Waals surface area (Å²) in [6.07, 6.45) is 9.18. The lowest BCUT2D eigenvalue weighted by atomic mass is 10.0. The number of carbonyl (C=O) groups is 1. The minimum absolute atomic E-state index is 0.105. The van der Waals surface area contributed by atoms with Crippen LogP contribution in [-0.4, -0.2) is 5.91 Å². The van der Waals surface area contributed by atoms with Gasteiger partial charge in [0.2, 0.25) is 5.91 Å². The van der Waals surface area contributed by atoms with E-state index in [1.54, 1.807) is 0 Å². The first kappa shape index (κ1) is 19.0. The summed E-state index contributed by atoms with van der Waals surface area (Å²) in [6, 6.07) is 15.7. The molecular weight excluding hydrogens is 308 g/mol. The number of nitrogens with two attached hydrogens (primary N) is 1. The summed E-state index contributed by atoms with van der Waals surface area (Å²) in [7, 11) is 0. The van der Waals surface area contributed by atoms with E-state index in [-0.39, 0.29) is 5.91 Å². The van der Waals surface area contributed by atoms with Crippen molar-refractivity contribution in [1.29, 1.82) is 0 Å². The van der Waals surface area contributed by atoms with Gasteiger partial charge in [0.1, 0.15) is 0 Å². The van der Waals surface area contributed by atoms with Gasteiger partial charge in [0, 0.05) is 17.8 Å². The molecule has 0 bridgehead atoms. The number of anilines is 2. The van der Waals surface area contributed by atoms with Gasteiger partial charge in [-0.2, -0.15) is 0 Å². The summed E-state index contributed by atoms with van der Waals surface area (Å²) in [5.41, 5.74) is 9.57. The number of benzene rings is 2. The number of nitrogen functional groups attached to an aromatic ring is 1. The Balaban J connectivity index is 1.71. The molecule has 0 aliphatic rings. The third-order valence-electron chi connectivity index (χ3n) is 4.42. The van der Waals surface area contributed by atoms with Crippen molar-refractivity contribution in [3.63, 3.8) is 0 Å². The molecule has 0 saturated heterocycles. The van der Waals surface area contributed by atoms with Crippen LogP contribution in [0.3, 0.4) is 0 Å². The number of nitrogens with one attached hydrogen (secondary N) is 1. The number of rotatable bonds is 10. The van der Waals surface area contributed by atoms with Crippen LogP contribution in [0, 0.1) is 0 Å². The monoisotopic (exact) mass is 338 g/mol. The summed E-state index contributed by atoms with van der Waals surface area (Å²) < 4.78 is 0. The summed E-state index contributed by atoms with van der Waals surface area (Å²) in [4.78, 5) is 12.0. The van der Waals surface area contributed by atoms with Crippen LogP contribution in [0.2, 0.25) is 0 Å². The average molecular weight is 338 g/mol. The Labute approximate surface area is 151 Å². The molecule has 2 rings (SSSR count). The minimum atomic E-state index is 0.105. The lowest BCUT2D eigenvalue weighted by Crippen LogP contribution is -2.10. The van der Waals surface area contributed by atoms with Crippen molar-refractivity contribution in [1.82, 2.24) is 0 Å². The van der Waals surface area contributed by atoms with E-state index in [0.29, 0.717) is 6.42 Å². The highest BCUT2D eigenvalue weighted by atomic mass is 16.1. The topological polar surface area (TPSA) is 55.1 Å². The Kier molecular flexibility index (Phi) is 8.03. The highest BCUT2D eigenvalue weighted by molar-refractivity contribution is 5.90. The second-order valence-electron chi connectivity index (χ2n) is 6.62. The maximum Gasteiger partial charge on any atom is 0.224 e. The molecule has 0 aliphatic carbocycles. The maximum atomic E-state index is 12.0. The van der Waals surface area contributed by atoms with Gasteiger partial charge in [-0.3, -0.25) is 4.79 Å². The van der Waals surface area contributed by atoms with Crippen LogP contribution < -0.4 is 11.1 Å². The molecule has 3 heteroatoms. The van der Waals surface area contributed by atoms with E-state index in [2.05, 4.69) is 12.2 Å². The van der Waals surface area contributed by atoms with Gasteiger partial charge in [0.15, 0.2) is 0 Å². The Bertz CT molecular complexity index is 632. The second-order valence-corrected chi connectivity index (χ2v) is 6.62. The highest BCUT2D eigenvalue weighted by Gasteiger charge is 2.03. The van der Waals surface area contributed by atoms with Crippen LogP contribution in [0.5, 0.6) is 0 Å². The third-order valence-corrected chi connectivity index (χ3v) is 4.42. The average Bonchev–Trinajstić information content (AvgIpc) is 2.62. The molecule has 0 spiro atoms. The molecule has 0 unspecified atom stereocenters. The van der Waals surface area contributed by atoms with Crippen molar-refractivity contribution >= 4 is 17.3 Å². The molecule has 0 radical (unpaired) electrons. The highest BCUT2D eigenvalue weighted by Crippen LogP contribution is 2.22. The molecule has 2 aromatic carbocycles. The van der Waals surface area contributed by atoms with Gasteiger partial charge in [-0.05, 0) is 41.8 Å². The number of unbranched alkanes of at least 4 members (excludes halogenated alkanes) is 6. The van der Waals surface area contributed by atoms with E-state index in [1.165, 1.54) is 32.1 Å². The van der Waals surface area contributed by atoms with Crippen LogP contribution in [0.25, 0.3) is 11.1 Å². The molecule has 0 saturated carbocycles. The molecule has 0 fully saturated rings. The van der Waals surface area contributed by atoms with E-state index < -0.39 is 0 Å². The lowest BCUT2D eigenvalue weighted by molar-refractivity contribution is -0.116. The molecule has 0 atom stereocenters. The Morgan fingerprint density at radius 1 is 0.800 bits per heavy atom. The van der Waals surface area contributed by atoms with E-state index in [9.17, 15) is 4.79 Å². The van der Waals surface area contributed by atoms with Gasteiger partial charge in [0.05, 0.1) is 0 Å². The van der Waals surface area contributed by atoms with E-state index in [0.717, 1.165) is 35.3 Å². The van der Waals surface area contributed by atoms with E-state index in [4.69, 9.17) is 5.73 Å². The van der Waals surface area contributed by atoms with Crippen LogP contribution >= 0.6 is 0 Å². The quantitative estimate of drug-likeness (QED) is 0.411. The standard InChI is InChI=1S/C22H30N2O/c1-2-3-4-5-6-7-8-9-22(25)24-21-16-12-19(13-17-21)18-10-14-20(23)15-11-18/h10-17H,2-9,23H2,1H3,(H,24,25). The summed E-state index contributed by atoms with van der Waals surface area (Å²) in [5.74, 6) is 0.105. The molecule has 0 heterocycles. The van der Waals surface area contributed by atoms with Crippen molar-refractivity contribution in [2.24, 2.45) is 0 Å². The van der Waals surface area contributed by atoms with Gasteiger partial charge in [-0.15, -0.1) is 0 Å². The van der Waals surface area contributed by atoms with Crippen molar-refractivity contribution in [2.75, 3.05) is 11.1 Å². The third kappa shape index (κ3) is 7.00. The Morgan fingerprint density at radius 3 is 1.92 bits per heavy atom. The number of hydrogen-bond donors (Lipinski definition) is 2. The van der Waals surface area contributed by atoms with E-state index in [1.807, 2.05) is 48.5 Å². The number of hydrogen-bond acceptors (Lipinski definition) is 2. The first-order valence-electron chi connectivity index (χ1n) is 9.45. The van der Waals surface area contributed by atoms with Crippen molar-refractivity contribution in [3.05, 3.63) is 48.5 Å². The Hall–Kier alpha value is -2.29. The molecule has 134 valence electrons. The molecule has 0 aromatic heterocycles. The molecule has 1 amide bonds. The number of carbonyl (C=O) groups excluding carboxylic acids is 1. The lowest BCUT2D eigenvalue weighted by Gasteiger charge is -2.07. The van der Waals surface area contributed by atoms with Crippen LogP contribution in [0.15, 0.2) is 48.5 Å². The SMILES string of the molecule is CCCCCCCCCC(=O)Nc1ccc(-c2ccc(N)cc2)cc1. The first-order chi connectivity index (χ1) is 12.2. The minimum Gasteiger partial charge on any atom is -0.399 e. The van der Waals surface area contributed by atoms with Crippen molar-refractivity contribution in [3.8, 4) is 11.1 Å². The fourth-order valence-corrected chi connectivity index (χ4v) is 2.89. The summed E-state index contributed by atoms with van der Waals surface area (Å²) in [6.45, 7) is 2.23. The van der Waals surface area contributed by atoms with Crippen LogP contribution in [0.4, 0.5) is 11.4 Å². The van der Waals surface area contributed by atoms with Gasteiger partial charge in [-0.25, -0.2) is 0 Å². The predicted molar refractivity (Wildman–Crippen MR) is 108 cm³/mol. The molecule has 2 aromatic rings. The molecule has 0 aliphatic heterocycles. The molecular formula is C22H30N2O. The second kappa shape index (κ2) is 10.5. The molecule has 3 N–H and O–H groups in total. The van der Waals surface area contributed by atoms with Crippen molar-refractivity contribution < 1.29 is 4.79 Å². The van der Waals surface area contributed by atoms with Crippen LogP contribution in [-0.2, 0) is 4.79 Å². The largest absolute Gasteiger partial charge is 0.399 e. The maximum absolute atomic E-state index is 12.0. The molecule has 25 heavy (non-hydrogen) atoms. The molecule has 3 nitrogen and oxygen atoms in total. The van der Waals surface area contributed by atoms with Gasteiger partial charge in [-0.1, -0.05) is 69.7 Å². The van der Waals surface area contributed by atoms with Gasteiger partial charge in [0.25, 0.3) is 0 Å². The fraction of sp³-hybridized carbons (Fsp3) is 0.409. The zero-order valence-corrected chi connectivity index (χ0v) is 15.3. The summed E-state index contributed by atoms with van der Waals surface area (Å²) >= 11 is 0. The Morgan fingerprint density at radius 2 is 1.32 bits per heavy atom. The first-order valence-corrected chi connectivity index (χ1v) is 9.45. The predicted octanol–water partition coefficient (Wildman–Crippen LogP) is 6.02. The normalized spacial score (nSPS) is 10.6. The zero-order chi connectivity index (χ0) is 17.9. The summed E-state index contributed by atoms with van der Waals surface area (Å²) in [5, 5.41) is 2.98. The van der Waals surface area contributed by atoms with Gasteiger partial charge >= 0.3 is 0 Å². The number of amides is 1.